The summed E-state index contributed by atoms with van der Waals surface area (Å²) in [5.41, 5.74) is 2.22. The lowest BCUT2D eigenvalue weighted by molar-refractivity contribution is 0.306. The highest BCUT2D eigenvalue weighted by Crippen LogP contribution is 2.19. The van der Waals surface area contributed by atoms with Crippen LogP contribution in [0.5, 0.6) is 5.75 Å². The highest BCUT2D eigenvalue weighted by molar-refractivity contribution is 6.31. The number of rotatable bonds is 6. The smallest absolute Gasteiger partial charge is 0.120 e. The third kappa shape index (κ3) is 4.55. The third-order valence-electron chi connectivity index (χ3n) is 2.97. The van der Waals surface area contributed by atoms with Crippen LogP contribution < -0.4 is 10.1 Å². The Labute approximate surface area is 125 Å². The predicted octanol–water partition coefficient (Wildman–Crippen LogP) is 4.42. The first-order valence-corrected chi connectivity index (χ1v) is 7.21. The van der Waals surface area contributed by atoms with E-state index in [1.54, 1.807) is 0 Å². The second-order valence-electron chi connectivity index (χ2n) is 5.06. The van der Waals surface area contributed by atoms with Gasteiger partial charge in [-0.3, -0.25) is 0 Å². The lowest BCUT2D eigenvalue weighted by atomic mass is 10.2. The molecule has 2 aromatic rings. The fourth-order valence-corrected chi connectivity index (χ4v) is 2.03. The quantitative estimate of drug-likeness (QED) is 0.850. The molecule has 106 valence electrons. The Hall–Kier alpha value is -1.51. The van der Waals surface area contributed by atoms with Gasteiger partial charge in [-0.1, -0.05) is 55.8 Å². The number of nitrogens with one attached hydrogen (secondary N) is 1. The van der Waals surface area contributed by atoms with E-state index in [-0.39, 0.29) is 0 Å². The van der Waals surface area contributed by atoms with Gasteiger partial charge in [-0.25, -0.2) is 0 Å². The van der Waals surface area contributed by atoms with Gasteiger partial charge in [0.15, 0.2) is 0 Å². The minimum Gasteiger partial charge on any atom is -0.489 e. The van der Waals surface area contributed by atoms with Crippen LogP contribution in [-0.2, 0) is 13.2 Å². The first kappa shape index (κ1) is 14.9. The van der Waals surface area contributed by atoms with Gasteiger partial charge in [0.1, 0.15) is 12.4 Å². The average molecular weight is 290 g/mol. The molecule has 2 nitrogen and oxygen atoms in total. The molecule has 0 aromatic heterocycles. The van der Waals surface area contributed by atoms with Crippen LogP contribution >= 0.6 is 11.6 Å². The number of hydrogen-bond acceptors (Lipinski definition) is 2. The SMILES string of the molecule is CC(C)NCc1cccc(OCc2ccccc2Cl)c1. The van der Waals surface area contributed by atoms with Crippen molar-refractivity contribution in [1.29, 1.82) is 0 Å². The highest BCUT2D eigenvalue weighted by atomic mass is 35.5. The van der Waals surface area contributed by atoms with Gasteiger partial charge in [0.05, 0.1) is 0 Å². The van der Waals surface area contributed by atoms with Crippen molar-refractivity contribution in [3.63, 3.8) is 0 Å². The Bertz CT molecular complexity index is 554. The maximum atomic E-state index is 6.12. The van der Waals surface area contributed by atoms with Crippen LogP contribution in [0.1, 0.15) is 25.0 Å². The second kappa shape index (κ2) is 7.32. The van der Waals surface area contributed by atoms with Crippen molar-refractivity contribution < 1.29 is 4.74 Å². The van der Waals surface area contributed by atoms with Crippen LogP contribution in [0.4, 0.5) is 0 Å². The summed E-state index contributed by atoms with van der Waals surface area (Å²) < 4.78 is 5.81. The van der Waals surface area contributed by atoms with Gasteiger partial charge >= 0.3 is 0 Å². The molecule has 2 rings (SSSR count). The summed E-state index contributed by atoms with van der Waals surface area (Å²) in [5.74, 6) is 0.868. The molecule has 0 atom stereocenters. The minimum atomic E-state index is 0.475. The number of benzene rings is 2. The summed E-state index contributed by atoms with van der Waals surface area (Å²) >= 11 is 6.12. The summed E-state index contributed by atoms with van der Waals surface area (Å²) in [5, 5.41) is 4.14. The molecule has 3 heteroatoms. The topological polar surface area (TPSA) is 21.3 Å². The van der Waals surface area contributed by atoms with Crippen LogP contribution in [0.15, 0.2) is 48.5 Å². The summed E-state index contributed by atoms with van der Waals surface area (Å²) in [6.07, 6.45) is 0. The molecular formula is C17H20ClNO. The van der Waals surface area contributed by atoms with Crippen molar-refractivity contribution in [1.82, 2.24) is 5.32 Å². The third-order valence-corrected chi connectivity index (χ3v) is 3.33. The molecule has 0 aliphatic carbocycles. The van der Waals surface area contributed by atoms with Gasteiger partial charge in [-0.2, -0.15) is 0 Å². The summed E-state index contributed by atoms with van der Waals surface area (Å²) in [4.78, 5) is 0. The maximum absolute atomic E-state index is 6.12. The van der Waals surface area contributed by atoms with Crippen LogP contribution in [0.2, 0.25) is 5.02 Å². The molecule has 0 bridgehead atoms. The Morgan fingerprint density at radius 3 is 2.65 bits per heavy atom. The lowest BCUT2D eigenvalue weighted by Gasteiger charge is -2.11. The Kier molecular flexibility index (Phi) is 5.45. The van der Waals surface area contributed by atoms with E-state index in [9.17, 15) is 0 Å². The van der Waals surface area contributed by atoms with E-state index < -0.39 is 0 Å². The number of halogens is 1. The Morgan fingerprint density at radius 1 is 1.10 bits per heavy atom. The Balaban J connectivity index is 1.96. The molecule has 0 amide bonds. The van der Waals surface area contributed by atoms with Crippen LogP contribution in [0, 0.1) is 0 Å². The van der Waals surface area contributed by atoms with E-state index in [1.165, 1.54) is 5.56 Å². The van der Waals surface area contributed by atoms with Crippen molar-refractivity contribution in [2.45, 2.75) is 33.0 Å². The molecule has 0 saturated carbocycles. The lowest BCUT2D eigenvalue weighted by Crippen LogP contribution is -2.21. The summed E-state index contributed by atoms with van der Waals surface area (Å²) in [6.45, 7) is 5.61. The summed E-state index contributed by atoms with van der Waals surface area (Å²) in [6, 6.07) is 16.4. The van der Waals surface area contributed by atoms with E-state index in [0.29, 0.717) is 12.6 Å². The average Bonchev–Trinajstić information content (AvgIpc) is 2.45. The second-order valence-corrected chi connectivity index (χ2v) is 5.47. The van der Waals surface area contributed by atoms with Gasteiger partial charge < -0.3 is 10.1 Å². The molecule has 0 spiro atoms. The van der Waals surface area contributed by atoms with E-state index in [2.05, 4.69) is 31.3 Å². The molecule has 0 radical (unpaired) electrons. The van der Waals surface area contributed by atoms with Crippen molar-refractivity contribution in [3.8, 4) is 5.75 Å². The number of ether oxygens (including phenoxy) is 1. The molecule has 20 heavy (non-hydrogen) atoms. The van der Waals surface area contributed by atoms with Crippen molar-refractivity contribution in [2.75, 3.05) is 0 Å². The van der Waals surface area contributed by atoms with Crippen molar-refractivity contribution >= 4 is 11.6 Å². The standard InChI is InChI=1S/C17H20ClNO/c1-13(2)19-11-14-6-5-8-16(10-14)20-12-15-7-3-4-9-17(15)18/h3-10,13,19H,11-12H2,1-2H3. The fourth-order valence-electron chi connectivity index (χ4n) is 1.84. The van der Waals surface area contributed by atoms with Crippen LogP contribution in [-0.4, -0.2) is 6.04 Å². The zero-order valence-electron chi connectivity index (χ0n) is 11.9. The van der Waals surface area contributed by atoms with Crippen molar-refractivity contribution in [2.24, 2.45) is 0 Å². The van der Waals surface area contributed by atoms with Gasteiger partial charge in [0.25, 0.3) is 0 Å². The minimum absolute atomic E-state index is 0.475. The van der Waals surface area contributed by atoms with Crippen molar-refractivity contribution in [3.05, 3.63) is 64.7 Å². The molecule has 0 unspecified atom stereocenters. The monoisotopic (exact) mass is 289 g/mol. The van der Waals surface area contributed by atoms with Gasteiger partial charge in [-0.15, -0.1) is 0 Å². The van der Waals surface area contributed by atoms with E-state index >= 15 is 0 Å². The molecular weight excluding hydrogens is 270 g/mol. The summed E-state index contributed by atoms with van der Waals surface area (Å²) in [7, 11) is 0. The fraction of sp³-hybridized carbons (Fsp3) is 0.294. The molecule has 0 fully saturated rings. The molecule has 0 saturated heterocycles. The van der Waals surface area contributed by atoms with E-state index in [1.807, 2.05) is 36.4 Å². The first-order valence-electron chi connectivity index (χ1n) is 6.83. The van der Waals surface area contributed by atoms with Crippen LogP contribution in [0.3, 0.4) is 0 Å². The van der Waals surface area contributed by atoms with Gasteiger partial charge in [-0.05, 0) is 23.8 Å². The van der Waals surface area contributed by atoms with Crippen LogP contribution in [0.25, 0.3) is 0 Å². The molecule has 0 heterocycles. The number of hydrogen-bond donors (Lipinski definition) is 1. The predicted molar refractivity (Wildman–Crippen MR) is 84.2 cm³/mol. The Morgan fingerprint density at radius 2 is 1.90 bits per heavy atom. The highest BCUT2D eigenvalue weighted by Gasteiger charge is 2.02. The van der Waals surface area contributed by atoms with E-state index in [4.69, 9.17) is 16.3 Å². The molecule has 1 N–H and O–H groups in total. The normalized spacial score (nSPS) is 10.8. The van der Waals surface area contributed by atoms with Gasteiger partial charge in [0.2, 0.25) is 0 Å². The first-order chi connectivity index (χ1) is 9.65. The zero-order valence-corrected chi connectivity index (χ0v) is 12.7. The molecule has 0 aliphatic rings. The maximum Gasteiger partial charge on any atom is 0.120 e. The van der Waals surface area contributed by atoms with E-state index in [0.717, 1.165) is 22.9 Å². The molecule has 0 aliphatic heterocycles. The molecule has 2 aromatic carbocycles. The van der Waals surface area contributed by atoms with Gasteiger partial charge in [0, 0.05) is 23.2 Å². The largest absolute Gasteiger partial charge is 0.489 e. The zero-order chi connectivity index (χ0) is 14.4.